The van der Waals surface area contributed by atoms with Gasteiger partial charge in [0.15, 0.2) is 5.78 Å². The normalized spacial score (nSPS) is 15.0. The van der Waals surface area contributed by atoms with Gasteiger partial charge < -0.3 is 4.90 Å². The van der Waals surface area contributed by atoms with Gasteiger partial charge in [0.1, 0.15) is 5.82 Å². The molecule has 3 rings (SSSR count). The van der Waals surface area contributed by atoms with Crippen LogP contribution in [0.5, 0.6) is 0 Å². The molecule has 1 aliphatic carbocycles. The molecule has 0 N–H and O–H groups in total. The highest BCUT2D eigenvalue weighted by Gasteiger charge is 2.30. The molecular weight excluding hydrogens is 431 g/mol. The number of carbonyl (C=O) groups is 2. The number of carbonyl (C=O) groups excluding carboxylic acids is 2. The predicted molar refractivity (Wildman–Crippen MR) is 120 cm³/mol. The maximum absolute atomic E-state index is 13.4. The number of hydrogen-bond acceptors (Lipinski definition) is 4. The van der Waals surface area contributed by atoms with E-state index in [1.54, 1.807) is 11.9 Å². The summed E-state index contributed by atoms with van der Waals surface area (Å²) in [5.41, 5.74) is 0.977. The van der Waals surface area contributed by atoms with Crippen molar-refractivity contribution in [2.24, 2.45) is 0 Å². The van der Waals surface area contributed by atoms with Crippen LogP contribution in [0.25, 0.3) is 0 Å². The summed E-state index contributed by atoms with van der Waals surface area (Å²) in [5, 5.41) is 0. The van der Waals surface area contributed by atoms with Crippen molar-refractivity contribution in [3.8, 4) is 0 Å². The maximum atomic E-state index is 13.4. The number of nitrogens with zero attached hydrogens (tertiary/aromatic N) is 2. The zero-order valence-corrected chi connectivity index (χ0v) is 19.3. The Balaban J connectivity index is 1.87. The minimum absolute atomic E-state index is 0.00210. The molecule has 0 radical (unpaired) electrons. The fraction of sp³-hybridized carbons (Fsp3) is 0.417. The molecule has 1 saturated carbocycles. The fourth-order valence-electron chi connectivity index (χ4n) is 3.96. The summed E-state index contributed by atoms with van der Waals surface area (Å²) in [6, 6.07) is 11.3. The van der Waals surface area contributed by atoms with Gasteiger partial charge in [-0.05, 0) is 49.6 Å². The Bertz CT molecular complexity index is 1050. The average molecular weight is 461 g/mol. The highest BCUT2D eigenvalue weighted by molar-refractivity contribution is 7.89. The van der Waals surface area contributed by atoms with E-state index in [9.17, 15) is 22.4 Å². The number of ketones is 1. The first-order valence-corrected chi connectivity index (χ1v) is 12.2. The molecule has 0 aliphatic heterocycles. The van der Waals surface area contributed by atoms with Gasteiger partial charge in [-0.1, -0.05) is 43.5 Å². The summed E-state index contributed by atoms with van der Waals surface area (Å²) in [4.78, 5) is 26.2. The molecule has 1 amide bonds. The van der Waals surface area contributed by atoms with E-state index in [0.717, 1.165) is 36.4 Å². The zero-order valence-electron chi connectivity index (χ0n) is 18.5. The summed E-state index contributed by atoms with van der Waals surface area (Å²) in [7, 11) is -2.31. The Hall–Kier alpha value is -2.58. The van der Waals surface area contributed by atoms with E-state index in [2.05, 4.69) is 0 Å². The molecule has 2 aromatic rings. The fourth-order valence-corrected chi connectivity index (χ4v) is 5.34. The van der Waals surface area contributed by atoms with Crippen LogP contribution < -0.4 is 0 Å². The highest BCUT2D eigenvalue weighted by Crippen LogP contribution is 2.24. The Labute approximate surface area is 189 Å². The van der Waals surface area contributed by atoms with Gasteiger partial charge in [-0.3, -0.25) is 9.59 Å². The summed E-state index contributed by atoms with van der Waals surface area (Å²) in [6.45, 7) is 1.02. The van der Waals surface area contributed by atoms with Gasteiger partial charge in [-0.2, -0.15) is 4.31 Å². The standard InChI is InChI=1S/C24H29FN2O4S/c1-18(28)20-10-14-23(15-11-20)32(30,31)27(16-19-8-12-21(25)13-9-19)17-24(29)26(2)22-6-4-3-5-7-22/h8-15,22H,3-7,16-17H2,1-2H3. The second-order valence-corrected chi connectivity index (χ2v) is 10.2. The molecular formula is C24H29FN2O4S. The van der Waals surface area contributed by atoms with Crippen molar-refractivity contribution < 1.29 is 22.4 Å². The number of rotatable bonds is 8. The highest BCUT2D eigenvalue weighted by atomic mass is 32.2. The van der Waals surface area contributed by atoms with E-state index in [4.69, 9.17) is 0 Å². The lowest BCUT2D eigenvalue weighted by Gasteiger charge is -2.33. The Morgan fingerprint density at radius 1 is 0.969 bits per heavy atom. The van der Waals surface area contributed by atoms with Crippen LogP contribution in [0.4, 0.5) is 4.39 Å². The zero-order chi connectivity index (χ0) is 23.3. The number of benzene rings is 2. The minimum Gasteiger partial charge on any atom is -0.342 e. The molecule has 0 spiro atoms. The van der Waals surface area contributed by atoms with Gasteiger partial charge >= 0.3 is 0 Å². The van der Waals surface area contributed by atoms with Crippen LogP contribution in [0.2, 0.25) is 0 Å². The third-order valence-corrected chi connectivity index (χ3v) is 7.80. The van der Waals surface area contributed by atoms with Gasteiger partial charge in [-0.25, -0.2) is 12.8 Å². The van der Waals surface area contributed by atoms with Gasteiger partial charge in [0.05, 0.1) is 11.4 Å². The topological polar surface area (TPSA) is 74.8 Å². The van der Waals surface area contributed by atoms with Crippen LogP contribution in [0.3, 0.4) is 0 Å². The molecule has 0 heterocycles. The first-order valence-electron chi connectivity index (χ1n) is 10.8. The van der Waals surface area contributed by atoms with Crippen molar-refractivity contribution in [3.05, 3.63) is 65.5 Å². The molecule has 0 atom stereocenters. The van der Waals surface area contributed by atoms with Crippen molar-refractivity contribution in [1.29, 1.82) is 0 Å². The molecule has 32 heavy (non-hydrogen) atoms. The molecule has 1 fully saturated rings. The molecule has 2 aromatic carbocycles. The monoisotopic (exact) mass is 460 g/mol. The number of halogens is 1. The predicted octanol–water partition coefficient (Wildman–Crippen LogP) is 4.01. The Morgan fingerprint density at radius 2 is 1.56 bits per heavy atom. The van der Waals surface area contributed by atoms with E-state index in [1.807, 2.05) is 0 Å². The van der Waals surface area contributed by atoms with Crippen LogP contribution in [-0.2, 0) is 21.4 Å². The van der Waals surface area contributed by atoms with Gasteiger partial charge in [0.25, 0.3) is 0 Å². The SMILES string of the molecule is CC(=O)c1ccc(S(=O)(=O)N(CC(=O)N(C)C2CCCCC2)Cc2ccc(F)cc2)cc1. The molecule has 0 bridgehead atoms. The van der Waals surface area contributed by atoms with Crippen LogP contribution >= 0.6 is 0 Å². The number of amides is 1. The number of sulfonamides is 1. The summed E-state index contributed by atoms with van der Waals surface area (Å²) in [6.07, 6.45) is 5.10. The molecule has 0 unspecified atom stereocenters. The summed E-state index contributed by atoms with van der Waals surface area (Å²) < 4.78 is 41.3. The first kappa shape index (κ1) is 24.1. The van der Waals surface area contributed by atoms with Crippen molar-refractivity contribution >= 4 is 21.7 Å². The number of Topliss-reactive ketones (excluding diaryl/α,β-unsaturated/α-hetero) is 1. The van der Waals surface area contributed by atoms with Crippen molar-refractivity contribution in [2.45, 2.75) is 56.5 Å². The average Bonchev–Trinajstić information content (AvgIpc) is 2.80. The minimum atomic E-state index is -4.03. The Kier molecular flexibility index (Phi) is 7.79. The quantitative estimate of drug-likeness (QED) is 0.558. The smallest absolute Gasteiger partial charge is 0.243 e. The first-order chi connectivity index (χ1) is 15.2. The largest absolute Gasteiger partial charge is 0.342 e. The molecule has 6 nitrogen and oxygen atoms in total. The second-order valence-electron chi connectivity index (χ2n) is 8.28. The van der Waals surface area contributed by atoms with Gasteiger partial charge in [-0.15, -0.1) is 0 Å². The van der Waals surface area contributed by atoms with Crippen LogP contribution in [0, 0.1) is 5.82 Å². The summed E-state index contributed by atoms with van der Waals surface area (Å²) in [5.74, 6) is -0.861. The molecule has 172 valence electrons. The van der Waals surface area contributed by atoms with Crippen LogP contribution in [-0.4, -0.2) is 48.9 Å². The van der Waals surface area contributed by atoms with E-state index in [0.29, 0.717) is 11.1 Å². The molecule has 8 heteroatoms. The van der Waals surface area contributed by atoms with E-state index in [-0.39, 0.29) is 35.7 Å². The van der Waals surface area contributed by atoms with Crippen molar-refractivity contribution in [1.82, 2.24) is 9.21 Å². The lowest BCUT2D eigenvalue weighted by Crippen LogP contribution is -2.45. The lowest BCUT2D eigenvalue weighted by molar-refractivity contribution is -0.132. The third-order valence-electron chi connectivity index (χ3n) is 6.00. The van der Waals surface area contributed by atoms with E-state index in [1.165, 1.54) is 55.5 Å². The van der Waals surface area contributed by atoms with Gasteiger partial charge in [0.2, 0.25) is 15.9 Å². The van der Waals surface area contributed by atoms with Crippen LogP contribution in [0.15, 0.2) is 53.4 Å². The molecule has 1 aliphatic rings. The molecule has 0 aromatic heterocycles. The van der Waals surface area contributed by atoms with Crippen molar-refractivity contribution in [2.75, 3.05) is 13.6 Å². The lowest BCUT2D eigenvalue weighted by atomic mass is 9.94. The maximum Gasteiger partial charge on any atom is 0.243 e. The molecule has 0 saturated heterocycles. The third kappa shape index (κ3) is 5.81. The summed E-state index contributed by atoms with van der Waals surface area (Å²) >= 11 is 0. The van der Waals surface area contributed by atoms with Gasteiger partial charge in [0, 0.05) is 25.2 Å². The Morgan fingerprint density at radius 3 is 2.12 bits per heavy atom. The van der Waals surface area contributed by atoms with E-state index < -0.39 is 15.8 Å². The van der Waals surface area contributed by atoms with Crippen molar-refractivity contribution in [3.63, 3.8) is 0 Å². The van der Waals surface area contributed by atoms with Crippen LogP contribution in [0.1, 0.15) is 54.9 Å². The van der Waals surface area contributed by atoms with E-state index >= 15 is 0 Å². The number of likely N-dealkylation sites (N-methyl/N-ethyl adjacent to an activating group) is 1. The second kappa shape index (κ2) is 10.4. The number of hydrogen-bond donors (Lipinski definition) is 0.